The van der Waals surface area contributed by atoms with E-state index in [1.54, 1.807) is 0 Å². The lowest BCUT2D eigenvalue weighted by molar-refractivity contribution is 0.568. The molecule has 106 valence electrons. The Morgan fingerprint density at radius 2 is 2.26 bits per heavy atom. The van der Waals surface area contributed by atoms with Gasteiger partial charge in [-0.1, -0.05) is 27.2 Å². The SMILES string of the molecule is CCC1CCN(c2cnc(C(C)C)nc2CNC)C1. The Morgan fingerprint density at radius 1 is 1.47 bits per heavy atom. The van der Waals surface area contributed by atoms with Gasteiger partial charge < -0.3 is 10.2 Å². The Hall–Kier alpha value is -1.16. The molecule has 0 spiro atoms. The molecule has 0 radical (unpaired) electrons. The average Bonchev–Trinajstić information content (AvgIpc) is 2.87. The van der Waals surface area contributed by atoms with E-state index in [-0.39, 0.29) is 0 Å². The van der Waals surface area contributed by atoms with E-state index in [9.17, 15) is 0 Å². The molecule has 0 amide bonds. The zero-order valence-electron chi connectivity index (χ0n) is 12.6. The van der Waals surface area contributed by atoms with Gasteiger partial charge in [0.15, 0.2) is 0 Å². The molecule has 1 unspecified atom stereocenters. The summed E-state index contributed by atoms with van der Waals surface area (Å²) in [7, 11) is 1.97. The maximum absolute atomic E-state index is 4.74. The van der Waals surface area contributed by atoms with Crippen LogP contribution < -0.4 is 10.2 Å². The molecule has 4 nitrogen and oxygen atoms in total. The van der Waals surface area contributed by atoms with Crippen LogP contribution in [0.25, 0.3) is 0 Å². The van der Waals surface area contributed by atoms with Gasteiger partial charge in [-0.25, -0.2) is 9.97 Å². The highest BCUT2D eigenvalue weighted by molar-refractivity contribution is 5.50. The highest BCUT2D eigenvalue weighted by Gasteiger charge is 2.24. The van der Waals surface area contributed by atoms with Gasteiger partial charge in [0.2, 0.25) is 0 Å². The molecule has 2 rings (SSSR count). The van der Waals surface area contributed by atoms with Crippen LogP contribution in [0.1, 0.15) is 51.0 Å². The molecule has 1 saturated heterocycles. The minimum atomic E-state index is 0.381. The fourth-order valence-corrected chi connectivity index (χ4v) is 2.65. The molecule has 1 fully saturated rings. The third-order valence-corrected chi connectivity index (χ3v) is 3.93. The lowest BCUT2D eigenvalue weighted by Crippen LogP contribution is -2.24. The van der Waals surface area contributed by atoms with Gasteiger partial charge in [-0.2, -0.15) is 0 Å². The van der Waals surface area contributed by atoms with Crippen LogP contribution in [0, 0.1) is 5.92 Å². The summed E-state index contributed by atoms with van der Waals surface area (Å²) in [6.07, 6.45) is 4.58. The van der Waals surface area contributed by atoms with Crippen molar-refractivity contribution in [3.05, 3.63) is 17.7 Å². The fraction of sp³-hybridized carbons (Fsp3) is 0.733. The predicted molar refractivity (Wildman–Crippen MR) is 79.5 cm³/mol. The van der Waals surface area contributed by atoms with E-state index in [4.69, 9.17) is 4.98 Å². The Morgan fingerprint density at radius 3 is 2.84 bits per heavy atom. The molecule has 19 heavy (non-hydrogen) atoms. The van der Waals surface area contributed by atoms with Gasteiger partial charge in [0.25, 0.3) is 0 Å². The van der Waals surface area contributed by atoms with E-state index >= 15 is 0 Å². The Bertz CT molecular complexity index is 417. The van der Waals surface area contributed by atoms with E-state index in [1.807, 2.05) is 13.2 Å². The zero-order valence-corrected chi connectivity index (χ0v) is 12.6. The highest BCUT2D eigenvalue weighted by Crippen LogP contribution is 2.27. The summed E-state index contributed by atoms with van der Waals surface area (Å²) in [6.45, 7) is 9.66. The molecule has 1 aliphatic heterocycles. The molecule has 0 saturated carbocycles. The van der Waals surface area contributed by atoms with E-state index in [0.29, 0.717) is 5.92 Å². The van der Waals surface area contributed by atoms with Crippen LogP contribution >= 0.6 is 0 Å². The summed E-state index contributed by atoms with van der Waals surface area (Å²) in [6, 6.07) is 0. The van der Waals surface area contributed by atoms with Gasteiger partial charge in [0.05, 0.1) is 17.6 Å². The summed E-state index contributed by atoms with van der Waals surface area (Å²) in [5.41, 5.74) is 2.35. The van der Waals surface area contributed by atoms with Crippen LogP contribution in [-0.2, 0) is 6.54 Å². The van der Waals surface area contributed by atoms with Gasteiger partial charge in [0.1, 0.15) is 5.82 Å². The average molecular weight is 262 g/mol. The predicted octanol–water partition coefficient (Wildman–Crippen LogP) is 2.56. The van der Waals surface area contributed by atoms with Crippen molar-refractivity contribution in [1.29, 1.82) is 0 Å². The molecule has 1 atom stereocenters. The van der Waals surface area contributed by atoms with Gasteiger partial charge in [-0.3, -0.25) is 0 Å². The second-order valence-corrected chi connectivity index (χ2v) is 5.75. The zero-order chi connectivity index (χ0) is 13.8. The second kappa shape index (κ2) is 6.33. The number of nitrogens with one attached hydrogen (secondary N) is 1. The molecular formula is C15H26N4. The number of anilines is 1. The largest absolute Gasteiger partial charge is 0.368 e. The first-order valence-electron chi connectivity index (χ1n) is 7.41. The molecule has 0 bridgehead atoms. The minimum Gasteiger partial charge on any atom is -0.368 e. The number of aromatic nitrogens is 2. The number of rotatable bonds is 5. The smallest absolute Gasteiger partial charge is 0.131 e. The quantitative estimate of drug-likeness (QED) is 0.885. The molecular weight excluding hydrogens is 236 g/mol. The second-order valence-electron chi connectivity index (χ2n) is 5.75. The van der Waals surface area contributed by atoms with Crippen LogP contribution in [0.15, 0.2) is 6.20 Å². The van der Waals surface area contributed by atoms with Crippen molar-refractivity contribution < 1.29 is 0 Å². The standard InChI is InChI=1S/C15H26N4/c1-5-12-6-7-19(10-12)14-9-17-15(11(2)3)18-13(14)8-16-4/h9,11-12,16H,5-8,10H2,1-4H3. The maximum atomic E-state index is 4.74. The normalized spacial score (nSPS) is 19.4. The van der Waals surface area contributed by atoms with E-state index in [1.165, 1.54) is 18.5 Å². The van der Waals surface area contributed by atoms with Crippen LogP contribution in [0.5, 0.6) is 0 Å². The maximum Gasteiger partial charge on any atom is 0.131 e. The van der Waals surface area contributed by atoms with E-state index in [0.717, 1.165) is 37.1 Å². The van der Waals surface area contributed by atoms with Gasteiger partial charge in [-0.15, -0.1) is 0 Å². The first-order valence-corrected chi connectivity index (χ1v) is 7.41. The van der Waals surface area contributed by atoms with Crippen molar-refractivity contribution in [3.63, 3.8) is 0 Å². The topological polar surface area (TPSA) is 41.1 Å². The van der Waals surface area contributed by atoms with Crippen molar-refractivity contribution in [1.82, 2.24) is 15.3 Å². The van der Waals surface area contributed by atoms with Crippen molar-refractivity contribution in [2.24, 2.45) is 5.92 Å². The Labute approximate surface area is 116 Å². The monoisotopic (exact) mass is 262 g/mol. The van der Waals surface area contributed by atoms with E-state index < -0.39 is 0 Å². The summed E-state index contributed by atoms with van der Waals surface area (Å²) in [5, 5.41) is 3.22. The molecule has 1 aromatic heterocycles. The summed E-state index contributed by atoms with van der Waals surface area (Å²) in [4.78, 5) is 11.7. The third kappa shape index (κ3) is 3.24. The first kappa shape index (κ1) is 14.3. The number of hydrogen-bond donors (Lipinski definition) is 1. The van der Waals surface area contributed by atoms with Gasteiger partial charge in [0, 0.05) is 25.6 Å². The van der Waals surface area contributed by atoms with Crippen molar-refractivity contribution >= 4 is 5.69 Å². The molecule has 0 aliphatic carbocycles. The number of hydrogen-bond acceptors (Lipinski definition) is 4. The lowest BCUT2D eigenvalue weighted by Gasteiger charge is -2.22. The van der Waals surface area contributed by atoms with Crippen LogP contribution in [-0.4, -0.2) is 30.1 Å². The minimum absolute atomic E-state index is 0.381. The lowest BCUT2D eigenvalue weighted by atomic mass is 10.1. The molecule has 2 heterocycles. The summed E-state index contributed by atoms with van der Waals surface area (Å²) >= 11 is 0. The Balaban J connectivity index is 2.24. The van der Waals surface area contributed by atoms with Crippen LogP contribution in [0.4, 0.5) is 5.69 Å². The summed E-state index contributed by atoms with van der Waals surface area (Å²) in [5.74, 6) is 2.15. The van der Waals surface area contributed by atoms with Crippen molar-refractivity contribution in [2.75, 3.05) is 25.0 Å². The van der Waals surface area contributed by atoms with Gasteiger partial charge >= 0.3 is 0 Å². The fourth-order valence-electron chi connectivity index (χ4n) is 2.65. The third-order valence-electron chi connectivity index (χ3n) is 3.93. The molecule has 4 heteroatoms. The molecule has 1 N–H and O–H groups in total. The molecule has 0 aromatic carbocycles. The van der Waals surface area contributed by atoms with Gasteiger partial charge in [-0.05, 0) is 19.4 Å². The molecule has 1 aliphatic rings. The highest BCUT2D eigenvalue weighted by atomic mass is 15.2. The first-order chi connectivity index (χ1) is 9.15. The van der Waals surface area contributed by atoms with Crippen molar-refractivity contribution in [3.8, 4) is 0 Å². The molecule has 1 aromatic rings. The number of nitrogens with zero attached hydrogens (tertiary/aromatic N) is 3. The van der Waals surface area contributed by atoms with Crippen LogP contribution in [0.2, 0.25) is 0 Å². The van der Waals surface area contributed by atoms with E-state index in [2.05, 4.69) is 36.0 Å². The van der Waals surface area contributed by atoms with Crippen molar-refractivity contribution in [2.45, 2.75) is 46.1 Å². The van der Waals surface area contributed by atoms with Crippen LogP contribution in [0.3, 0.4) is 0 Å². The Kier molecular flexibility index (Phi) is 4.75. The summed E-state index contributed by atoms with van der Waals surface area (Å²) < 4.78 is 0.